The fraction of sp³-hybridized carbons (Fsp3) is 0.385. The van der Waals surface area contributed by atoms with Gasteiger partial charge in [-0.2, -0.15) is 4.39 Å². The molecule has 1 aromatic rings. The van der Waals surface area contributed by atoms with Crippen molar-refractivity contribution in [2.75, 3.05) is 6.54 Å². The summed E-state index contributed by atoms with van der Waals surface area (Å²) in [7, 11) is 0. The summed E-state index contributed by atoms with van der Waals surface area (Å²) in [6.07, 6.45) is 2.00. The van der Waals surface area contributed by atoms with Crippen molar-refractivity contribution in [2.45, 2.75) is 25.3 Å². The molecular formula is C13H13F3N2O2S. The third-order valence-electron chi connectivity index (χ3n) is 3.46. The summed E-state index contributed by atoms with van der Waals surface area (Å²) in [5, 5.41) is 9.18. The molecule has 0 bridgehead atoms. The van der Waals surface area contributed by atoms with Crippen LogP contribution in [0.15, 0.2) is 6.07 Å². The minimum absolute atomic E-state index is 0.0789. The number of hydrogen-bond acceptors (Lipinski definition) is 3. The molecule has 1 aromatic carbocycles. The molecule has 3 N–H and O–H groups in total. The molecule has 2 rings (SSSR count). The molecule has 1 aliphatic heterocycles. The molecule has 1 fully saturated rings. The Bertz CT molecular complexity index is 610. The molecule has 21 heavy (non-hydrogen) atoms. The number of hydrogen-bond donors (Lipinski definition) is 2. The van der Waals surface area contributed by atoms with Gasteiger partial charge in [-0.05, 0) is 25.3 Å². The lowest BCUT2D eigenvalue weighted by molar-refractivity contribution is 0.0675. The van der Waals surface area contributed by atoms with Gasteiger partial charge in [-0.3, -0.25) is 4.79 Å². The normalized spacial score (nSPS) is 18.6. The van der Waals surface area contributed by atoms with E-state index in [-0.39, 0.29) is 11.5 Å². The standard InChI is InChI=1S/C13H13F3N2O2S/c14-7-5-6(9(15)11(19)10(7)16)13(20)18-4-2-1-3-8(18)12(17)21/h5,8,19H,1-4H2,(H2,17,21). The predicted molar refractivity (Wildman–Crippen MR) is 73.4 cm³/mol. The second-order valence-electron chi connectivity index (χ2n) is 4.80. The van der Waals surface area contributed by atoms with Gasteiger partial charge in [0, 0.05) is 6.54 Å². The molecule has 114 valence electrons. The van der Waals surface area contributed by atoms with Crippen LogP contribution in [-0.2, 0) is 0 Å². The Labute approximate surface area is 124 Å². The van der Waals surface area contributed by atoms with E-state index < -0.39 is 40.7 Å². The number of amides is 1. The first-order valence-electron chi connectivity index (χ1n) is 6.31. The van der Waals surface area contributed by atoms with E-state index in [9.17, 15) is 23.1 Å². The molecule has 0 aliphatic carbocycles. The lowest BCUT2D eigenvalue weighted by atomic mass is 10.0. The van der Waals surface area contributed by atoms with Crippen molar-refractivity contribution in [3.63, 3.8) is 0 Å². The van der Waals surface area contributed by atoms with Crippen molar-refractivity contribution in [3.05, 3.63) is 29.1 Å². The zero-order valence-electron chi connectivity index (χ0n) is 10.9. The minimum atomic E-state index is -1.73. The third kappa shape index (κ3) is 2.80. The highest BCUT2D eigenvalue weighted by Gasteiger charge is 2.32. The summed E-state index contributed by atoms with van der Waals surface area (Å²) >= 11 is 4.87. The number of rotatable bonds is 2. The minimum Gasteiger partial charge on any atom is -0.503 e. The Morgan fingerprint density at radius 2 is 2.00 bits per heavy atom. The summed E-state index contributed by atoms with van der Waals surface area (Å²) in [6, 6.07) is -0.131. The Hall–Kier alpha value is -1.83. The predicted octanol–water partition coefficient (Wildman–Crippen LogP) is 2.09. The molecule has 4 nitrogen and oxygen atoms in total. The number of halogens is 3. The molecule has 0 saturated carbocycles. The van der Waals surface area contributed by atoms with E-state index >= 15 is 0 Å². The van der Waals surface area contributed by atoms with Crippen LogP contribution >= 0.6 is 12.2 Å². The van der Waals surface area contributed by atoms with Crippen LogP contribution in [0.3, 0.4) is 0 Å². The molecule has 1 unspecified atom stereocenters. The van der Waals surface area contributed by atoms with E-state index in [1.54, 1.807) is 0 Å². The van der Waals surface area contributed by atoms with Crippen molar-refractivity contribution in [1.82, 2.24) is 4.90 Å². The van der Waals surface area contributed by atoms with E-state index in [2.05, 4.69) is 0 Å². The Morgan fingerprint density at radius 1 is 1.33 bits per heavy atom. The third-order valence-corrected chi connectivity index (χ3v) is 3.73. The Morgan fingerprint density at radius 3 is 2.62 bits per heavy atom. The smallest absolute Gasteiger partial charge is 0.257 e. The van der Waals surface area contributed by atoms with Gasteiger partial charge in [-0.1, -0.05) is 12.2 Å². The molecule has 1 aliphatic rings. The van der Waals surface area contributed by atoms with Crippen LogP contribution in [-0.4, -0.2) is 33.5 Å². The first kappa shape index (κ1) is 15.6. The molecule has 1 amide bonds. The molecule has 1 heterocycles. The lowest BCUT2D eigenvalue weighted by Gasteiger charge is -2.35. The number of nitrogens with zero attached hydrogens (tertiary/aromatic N) is 1. The Balaban J connectivity index is 2.42. The number of piperidine rings is 1. The van der Waals surface area contributed by atoms with Gasteiger partial charge in [0.1, 0.15) is 0 Å². The SMILES string of the molecule is NC(=S)C1CCCCN1C(=O)c1cc(F)c(F)c(O)c1F. The van der Waals surface area contributed by atoms with Gasteiger partial charge >= 0.3 is 0 Å². The van der Waals surface area contributed by atoms with Crippen molar-refractivity contribution < 1.29 is 23.1 Å². The maximum atomic E-state index is 13.8. The van der Waals surface area contributed by atoms with Crippen LogP contribution < -0.4 is 5.73 Å². The second-order valence-corrected chi connectivity index (χ2v) is 5.27. The van der Waals surface area contributed by atoms with Gasteiger partial charge < -0.3 is 15.7 Å². The first-order chi connectivity index (χ1) is 9.84. The van der Waals surface area contributed by atoms with Crippen LogP contribution in [0, 0.1) is 17.5 Å². The molecule has 1 atom stereocenters. The van der Waals surface area contributed by atoms with Crippen LogP contribution in [0.4, 0.5) is 13.2 Å². The van der Waals surface area contributed by atoms with Crippen molar-refractivity contribution in [2.24, 2.45) is 5.73 Å². The number of carbonyl (C=O) groups is 1. The van der Waals surface area contributed by atoms with Crippen molar-refractivity contribution in [1.29, 1.82) is 0 Å². The van der Waals surface area contributed by atoms with E-state index in [0.717, 1.165) is 6.42 Å². The summed E-state index contributed by atoms with van der Waals surface area (Å²) < 4.78 is 40.1. The van der Waals surface area contributed by atoms with Crippen LogP contribution in [0.1, 0.15) is 29.6 Å². The molecule has 1 saturated heterocycles. The van der Waals surface area contributed by atoms with Gasteiger partial charge in [-0.15, -0.1) is 0 Å². The maximum Gasteiger partial charge on any atom is 0.257 e. The zero-order chi connectivity index (χ0) is 15.7. The molecule has 0 spiro atoms. The number of phenolic OH excluding ortho intramolecular Hbond substituents is 1. The molecule has 8 heteroatoms. The fourth-order valence-electron chi connectivity index (χ4n) is 2.37. The summed E-state index contributed by atoms with van der Waals surface area (Å²) in [6.45, 7) is 0.278. The number of phenols is 1. The highest BCUT2D eigenvalue weighted by Crippen LogP contribution is 2.28. The molecular weight excluding hydrogens is 305 g/mol. The molecule has 0 radical (unpaired) electrons. The van der Waals surface area contributed by atoms with E-state index in [4.69, 9.17) is 18.0 Å². The number of carbonyl (C=O) groups excluding carboxylic acids is 1. The van der Waals surface area contributed by atoms with Crippen molar-refractivity contribution in [3.8, 4) is 5.75 Å². The fourth-order valence-corrected chi connectivity index (χ4v) is 2.62. The average molecular weight is 318 g/mol. The quantitative estimate of drug-likeness (QED) is 0.647. The number of nitrogens with two attached hydrogens (primary N) is 1. The summed E-state index contributed by atoms with van der Waals surface area (Å²) in [5.74, 6) is -7.11. The van der Waals surface area contributed by atoms with Gasteiger partial charge in [0.2, 0.25) is 5.82 Å². The number of aromatic hydroxyl groups is 1. The summed E-state index contributed by atoms with van der Waals surface area (Å²) in [4.78, 5) is 13.6. The van der Waals surface area contributed by atoms with E-state index in [1.807, 2.05) is 0 Å². The Kier molecular flexibility index (Phi) is 4.36. The van der Waals surface area contributed by atoms with Gasteiger partial charge in [0.05, 0.1) is 16.6 Å². The topological polar surface area (TPSA) is 66.6 Å². The second kappa shape index (κ2) is 5.88. The largest absolute Gasteiger partial charge is 0.503 e. The average Bonchev–Trinajstić information content (AvgIpc) is 2.48. The number of thiocarbonyl (C=S) groups is 1. The van der Waals surface area contributed by atoms with E-state index in [1.165, 1.54) is 4.90 Å². The van der Waals surface area contributed by atoms with Crippen LogP contribution in [0.25, 0.3) is 0 Å². The highest BCUT2D eigenvalue weighted by molar-refractivity contribution is 7.80. The maximum absolute atomic E-state index is 13.8. The lowest BCUT2D eigenvalue weighted by Crippen LogP contribution is -2.50. The highest BCUT2D eigenvalue weighted by atomic mass is 32.1. The number of likely N-dealkylation sites (tertiary alicyclic amines) is 1. The van der Waals surface area contributed by atoms with Crippen LogP contribution in [0.5, 0.6) is 5.75 Å². The zero-order valence-corrected chi connectivity index (χ0v) is 11.7. The van der Waals surface area contributed by atoms with Crippen molar-refractivity contribution >= 4 is 23.1 Å². The van der Waals surface area contributed by atoms with Gasteiger partial charge in [-0.25, -0.2) is 8.78 Å². The summed E-state index contributed by atoms with van der Waals surface area (Å²) in [5.41, 5.74) is 4.81. The van der Waals surface area contributed by atoms with Gasteiger partial charge in [0.15, 0.2) is 17.4 Å². The monoisotopic (exact) mass is 318 g/mol. The van der Waals surface area contributed by atoms with Crippen LogP contribution in [0.2, 0.25) is 0 Å². The van der Waals surface area contributed by atoms with Gasteiger partial charge in [0.25, 0.3) is 5.91 Å². The number of benzene rings is 1. The van der Waals surface area contributed by atoms with E-state index in [0.29, 0.717) is 18.9 Å². The molecule has 0 aromatic heterocycles. The first-order valence-corrected chi connectivity index (χ1v) is 6.72.